The van der Waals surface area contributed by atoms with Crippen molar-refractivity contribution < 1.29 is 18.3 Å². The summed E-state index contributed by atoms with van der Waals surface area (Å²) in [6.07, 6.45) is 0.965. The van der Waals surface area contributed by atoms with Gasteiger partial charge in [0.1, 0.15) is 0 Å². The predicted molar refractivity (Wildman–Crippen MR) is 83.9 cm³/mol. The Morgan fingerprint density at radius 1 is 1.27 bits per heavy atom. The summed E-state index contributed by atoms with van der Waals surface area (Å²) in [5.74, 6) is -0.979. The van der Waals surface area contributed by atoms with Crippen LogP contribution in [0, 0.1) is 0 Å². The van der Waals surface area contributed by atoms with Gasteiger partial charge >= 0.3 is 5.97 Å². The van der Waals surface area contributed by atoms with E-state index in [1.54, 1.807) is 0 Å². The molecule has 1 fully saturated rings. The third-order valence-electron chi connectivity index (χ3n) is 3.98. The van der Waals surface area contributed by atoms with Gasteiger partial charge in [0.25, 0.3) is 0 Å². The Morgan fingerprint density at radius 2 is 1.91 bits per heavy atom. The molecule has 0 aliphatic carbocycles. The molecule has 0 saturated carbocycles. The highest BCUT2D eigenvalue weighted by Crippen LogP contribution is 2.22. The number of carboxylic acids is 1. The fourth-order valence-corrected chi connectivity index (χ4v) is 4.05. The number of hydrogen-bond acceptors (Lipinski definition) is 4. The highest BCUT2D eigenvalue weighted by Gasteiger charge is 2.37. The molecule has 2 atom stereocenters. The zero-order valence-electron chi connectivity index (χ0n) is 12.8. The second-order valence-corrected chi connectivity index (χ2v) is 7.78. The molecule has 1 aromatic rings. The molecule has 1 saturated heterocycles. The van der Waals surface area contributed by atoms with Crippen molar-refractivity contribution in [1.29, 1.82) is 0 Å². The number of sulfonamides is 1. The summed E-state index contributed by atoms with van der Waals surface area (Å²) in [4.78, 5) is 13.2. The minimum Gasteiger partial charge on any atom is -0.481 e. The SMILES string of the molecule is C[C@H]1CN(S(C)(=O)=O)[C@H](CC(=O)O)CN1Cc1ccccc1. The maximum Gasteiger partial charge on any atom is 0.305 e. The predicted octanol–water partition coefficient (Wildman–Crippen LogP) is 0.996. The molecular formula is C15H22N2O4S. The van der Waals surface area contributed by atoms with Crippen LogP contribution in [0.3, 0.4) is 0 Å². The Morgan fingerprint density at radius 3 is 2.45 bits per heavy atom. The third-order valence-corrected chi connectivity index (χ3v) is 5.28. The van der Waals surface area contributed by atoms with Crippen LogP contribution in [0.4, 0.5) is 0 Å². The van der Waals surface area contributed by atoms with Crippen molar-refractivity contribution in [1.82, 2.24) is 9.21 Å². The number of rotatable bonds is 5. The first-order valence-corrected chi connectivity index (χ1v) is 9.09. The summed E-state index contributed by atoms with van der Waals surface area (Å²) in [5, 5.41) is 9.05. The van der Waals surface area contributed by atoms with Crippen molar-refractivity contribution in [2.24, 2.45) is 0 Å². The first kappa shape index (κ1) is 16.9. The van der Waals surface area contributed by atoms with Gasteiger partial charge in [0.2, 0.25) is 10.0 Å². The maximum absolute atomic E-state index is 11.9. The molecule has 22 heavy (non-hydrogen) atoms. The van der Waals surface area contributed by atoms with Gasteiger partial charge in [-0.25, -0.2) is 8.42 Å². The molecule has 122 valence electrons. The molecule has 0 amide bonds. The van der Waals surface area contributed by atoms with Crippen LogP contribution in [0.2, 0.25) is 0 Å². The van der Waals surface area contributed by atoms with Gasteiger partial charge in [-0.15, -0.1) is 0 Å². The summed E-state index contributed by atoms with van der Waals surface area (Å²) in [5.41, 5.74) is 1.14. The zero-order chi connectivity index (χ0) is 16.3. The lowest BCUT2D eigenvalue weighted by Gasteiger charge is -2.43. The van der Waals surface area contributed by atoms with Crippen LogP contribution in [-0.4, -0.2) is 60.1 Å². The summed E-state index contributed by atoms with van der Waals surface area (Å²) < 4.78 is 25.1. The van der Waals surface area contributed by atoms with Gasteiger partial charge in [-0.1, -0.05) is 30.3 Å². The van der Waals surface area contributed by atoms with E-state index in [0.29, 0.717) is 19.6 Å². The van der Waals surface area contributed by atoms with Gasteiger partial charge in [0.15, 0.2) is 0 Å². The van der Waals surface area contributed by atoms with E-state index >= 15 is 0 Å². The van der Waals surface area contributed by atoms with Crippen molar-refractivity contribution in [3.8, 4) is 0 Å². The van der Waals surface area contributed by atoms with Crippen molar-refractivity contribution in [3.05, 3.63) is 35.9 Å². The molecule has 1 aliphatic rings. The Kier molecular flexibility index (Phi) is 5.20. The number of benzene rings is 1. The smallest absolute Gasteiger partial charge is 0.305 e. The van der Waals surface area contributed by atoms with E-state index < -0.39 is 22.0 Å². The molecule has 2 rings (SSSR count). The van der Waals surface area contributed by atoms with Gasteiger partial charge < -0.3 is 5.11 Å². The molecule has 0 bridgehead atoms. The van der Waals surface area contributed by atoms with Gasteiger partial charge in [-0.05, 0) is 12.5 Å². The minimum atomic E-state index is -3.41. The molecule has 1 heterocycles. The van der Waals surface area contributed by atoms with Crippen LogP contribution < -0.4 is 0 Å². The molecule has 7 heteroatoms. The van der Waals surface area contributed by atoms with Gasteiger partial charge in [-0.3, -0.25) is 9.69 Å². The first-order valence-electron chi connectivity index (χ1n) is 7.24. The molecule has 0 radical (unpaired) electrons. The van der Waals surface area contributed by atoms with E-state index in [1.165, 1.54) is 4.31 Å². The molecule has 1 N–H and O–H groups in total. The Hall–Kier alpha value is -1.44. The second-order valence-electron chi connectivity index (χ2n) is 5.85. The maximum atomic E-state index is 11.9. The third kappa shape index (κ3) is 4.28. The molecule has 0 spiro atoms. The highest BCUT2D eigenvalue weighted by molar-refractivity contribution is 7.88. The van der Waals surface area contributed by atoms with E-state index in [-0.39, 0.29) is 12.5 Å². The van der Waals surface area contributed by atoms with E-state index in [9.17, 15) is 13.2 Å². The highest BCUT2D eigenvalue weighted by atomic mass is 32.2. The van der Waals surface area contributed by atoms with Gasteiger partial charge in [0, 0.05) is 31.7 Å². The topological polar surface area (TPSA) is 77.9 Å². The van der Waals surface area contributed by atoms with E-state index in [1.807, 2.05) is 37.3 Å². The number of nitrogens with zero attached hydrogens (tertiary/aromatic N) is 2. The van der Waals surface area contributed by atoms with Crippen LogP contribution in [0.1, 0.15) is 18.9 Å². The van der Waals surface area contributed by atoms with Crippen LogP contribution >= 0.6 is 0 Å². The largest absolute Gasteiger partial charge is 0.481 e. The second kappa shape index (κ2) is 6.76. The van der Waals surface area contributed by atoms with E-state index in [4.69, 9.17) is 5.11 Å². The Labute approximate surface area is 131 Å². The quantitative estimate of drug-likeness (QED) is 0.873. The van der Waals surface area contributed by atoms with Crippen LogP contribution in [0.15, 0.2) is 30.3 Å². The molecule has 1 aliphatic heterocycles. The standard InChI is InChI=1S/C15H22N2O4S/c1-12-9-17(22(2,20)21)14(8-15(18)19)11-16(12)10-13-6-4-3-5-7-13/h3-7,12,14H,8-11H2,1-2H3,(H,18,19)/t12-,14+/m0/s1. The van der Waals surface area contributed by atoms with Crippen molar-refractivity contribution in [2.75, 3.05) is 19.3 Å². The number of carboxylic acid groups (broad SMARTS) is 1. The zero-order valence-corrected chi connectivity index (χ0v) is 13.7. The molecular weight excluding hydrogens is 304 g/mol. The van der Waals surface area contributed by atoms with Gasteiger partial charge in [-0.2, -0.15) is 4.31 Å². The Bertz CT molecular complexity index is 618. The van der Waals surface area contributed by atoms with Gasteiger partial charge in [0.05, 0.1) is 12.7 Å². The molecule has 1 aromatic carbocycles. The molecule has 6 nitrogen and oxygen atoms in total. The number of carbonyl (C=O) groups is 1. The lowest BCUT2D eigenvalue weighted by atomic mass is 10.1. The average molecular weight is 326 g/mol. The summed E-state index contributed by atoms with van der Waals surface area (Å²) in [7, 11) is -3.41. The van der Waals surface area contributed by atoms with Crippen LogP contribution in [-0.2, 0) is 21.4 Å². The Balaban J connectivity index is 2.16. The number of hydrogen-bond donors (Lipinski definition) is 1. The normalized spacial score (nSPS) is 24.3. The average Bonchev–Trinajstić information content (AvgIpc) is 2.41. The number of aliphatic carboxylic acids is 1. The molecule has 0 unspecified atom stereocenters. The van der Waals surface area contributed by atoms with Crippen molar-refractivity contribution >= 4 is 16.0 Å². The minimum absolute atomic E-state index is 0.0416. The monoisotopic (exact) mass is 326 g/mol. The van der Waals surface area contributed by atoms with Crippen molar-refractivity contribution in [2.45, 2.75) is 32.0 Å². The lowest BCUT2D eigenvalue weighted by Crippen LogP contribution is -2.58. The van der Waals surface area contributed by atoms with E-state index in [2.05, 4.69) is 4.90 Å². The fourth-order valence-electron chi connectivity index (χ4n) is 2.88. The number of piperazine rings is 1. The van der Waals surface area contributed by atoms with Crippen molar-refractivity contribution in [3.63, 3.8) is 0 Å². The fraction of sp³-hybridized carbons (Fsp3) is 0.533. The van der Waals surface area contributed by atoms with Crippen LogP contribution in [0.5, 0.6) is 0 Å². The first-order chi connectivity index (χ1) is 10.3. The van der Waals surface area contributed by atoms with Crippen LogP contribution in [0.25, 0.3) is 0 Å². The summed E-state index contributed by atoms with van der Waals surface area (Å²) >= 11 is 0. The summed E-state index contributed by atoms with van der Waals surface area (Å²) in [6, 6.07) is 9.42. The molecule has 0 aromatic heterocycles. The van der Waals surface area contributed by atoms with E-state index in [0.717, 1.165) is 11.8 Å². The lowest BCUT2D eigenvalue weighted by molar-refractivity contribution is -0.138. The summed E-state index contributed by atoms with van der Waals surface area (Å²) in [6.45, 7) is 3.41.